The summed E-state index contributed by atoms with van der Waals surface area (Å²) in [4.78, 5) is 71.4. The summed E-state index contributed by atoms with van der Waals surface area (Å²) in [5, 5.41) is 37.1. The maximum atomic E-state index is 12.9. The second-order valence-corrected chi connectivity index (χ2v) is 5.74. The molecule has 0 atom stereocenters. The summed E-state index contributed by atoms with van der Waals surface area (Å²) in [5.74, 6) is -9.05. The van der Waals surface area contributed by atoms with Gasteiger partial charge in [0.2, 0.25) is 0 Å². The minimum Gasteiger partial charge on any atom is -0.478 e. The molecule has 1 aliphatic rings. The van der Waals surface area contributed by atoms with Gasteiger partial charge in [-0.3, -0.25) is 9.59 Å². The van der Waals surface area contributed by atoms with E-state index in [2.05, 4.69) is 0 Å². The van der Waals surface area contributed by atoms with Crippen molar-refractivity contribution in [2.45, 2.75) is 0 Å². The van der Waals surface area contributed by atoms with Gasteiger partial charge in [-0.2, -0.15) is 0 Å². The van der Waals surface area contributed by atoms with E-state index >= 15 is 0 Å². The number of benzene rings is 2. The van der Waals surface area contributed by atoms with Crippen LogP contribution in [0, 0.1) is 0 Å². The van der Waals surface area contributed by atoms with Crippen molar-refractivity contribution in [2.75, 3.05) is 0 Å². The number of aromatic carboxylic acids is 4. The monoisotopic (exact) mass is 384 g/mol. The minimum atomic E-state index is -1.92. The van der Waals surface area contributed by atoms with Crippen molar-refractivity contribution >= 4 is 35.4 Å². The minimum absolute atomic E-state index is 0.252. The lowest BCUT2D eigenvalue weighted by molar-refractivity contribution is 0.0631. The number of rotatable bonds is 4. The van der Waals surface area contributed by atoms with Gasteiger partial charge in [-0.15, -0.1) is 0 Å². The number of hydrogen-bond acceptors (Lipinski definition) is 6. The van der Waals surface area contributed by atoms with Gasteiger partial charge >= 0.3 is 23.9 Å². The largest absolute Gasteiger partial charge is 0.478 e. The molecule has 10 nitrogen and oxygen atoms in total. The smallest absolute Gasteiger partial charge is 0.337 e. The van der Waals surface area contributed by atoms with Crippen LogP contribution >= 0.6 is 0 Å². The molecule has 0 saturated carbocycles. The fourth-order valence-corrected chi connectivity index (χ4v) is 3.05. The van der Waals surface area contributed by atoms with Crippen LogP contribution in [0.25, 0.3) is 0 Å². The van der Waals surface area contributed by atoms with Gasteiger partial charge in [0, 0.05) is 22.3 Å². The van der Waals surface area contributed by atoms with Crippen LogP contribution < -0.4 is 0 Å². The summed E-state index contributed by atoms with van der Waals surface area (Å²) in [7, 11) is 0. The average molecular weight is 384 g/mol. The lowest BCUT2D eigenvalue weighted by atomic mass is 9.78. The molecule has 1 aliphatic carbocycles. The van der Waals surface area contributed by atoms with Crippen LogP contribution in [0.1, 0.15) is 73.3 Å². The van der Waals surface area contributed by atoms with Gasteiger partial charge in [-0.05, 0) is 24.3 Å². The lowest BCUT2D eigenvalue weighted by Gasteiger charge is -2.21. The molecule has 2 aromatic rings. The zero-order chi connectivity index (χ0) is 20.9. The van der Waals surface area contributed by atoms with E-state index < -0.39 is 68.8 Å². The third-order valence-electron chi connectivity index (χ3n) is 4.21. The van der Waals surface area contributed by atoms with E-state index in [-0.39, 0.29) is 11.1 Å². The first-order valence-corrected chi connectivity index (χ1v) is 7.43. The lowest BCUT2D eigenvalue weighted by Crippen LogP contribution is -2.28. The van der Waals surface area contributed by atoms with E-state index in [1.165, 1.54) is 0 Å². The fraction of sp³-hybridized carbons (Fsp3) is 0. The van der Waals surface area contributed by atoms with Gasteiger partial charge in [0.25, 0.3) is 0 Å². The zero-order valence-electron chi connectivity index (χ0n) is 13.5. The molecule has 0 aliphatic heterocycles. The predicted octanol–water partition coefficient (Wildman–Crippen LogP) is 1.25. The first-order chi connectivity index (χ1) is 13.1. The Morgan fingerprint density at radius 1 is 0.607 bits per heavy atom. The van der Waals surface area contributed by atoms with Crippen LogP contribution in [0.5, 0.6) is 0 Å². The van der Waals surface area contributed by atoms with Crippen LogP contribution in [0.4, 0.5) is 0 Å². The molecule has 0 spiro atoms. The molecule has 3 rings (SSSR count). The van der Waals surface area contributed by atoms with E-state index in [0.717, 1.165) is 18.2 Å². The molecule has 2 aromatic carbocycles. The first-order valence-electron chi connectivity index (χ1n) is 7.43. The van der Waals surface area contributed by atoms with Crippen molar-refractivity contribution in [1.29, 1.82) is 0 Å². The number of carboxylic acids is 4. The second-order valence-electron chi connectivity index (χ2n) is 5.74. The number of fused-ring (bicyclic) bond motifs is 2. The highest BCUT2D eigenvalue weighted by Gasteiger charge is 2.39. The highest BCUT2D eigenvalue weighted by molar-refractivity contribution is 6.32. The van der Waals surface area contributed by atoms with Gasteiger partial charge in [0.05, 0.1) is 22.3 Å². The maximum absolute atomic E-state index is 12.9. The van der Waals surface area contributed by atoms with E-state index in [0.29, 0.717) is 6.07 Å². The third-order valence-corrected chi connectivity index (χ3v) is 4.21. The van der Waals surface area contributed by atoms with Crippen molar-refractivity contribution < 1.29 is 49.2 Å². The number of ketones is 2. The number of carbonyl (C=O) groups is 6. The summed E-state index contributed by atoms with van der Waals surface area (Å²) < 4.78 is 0. The molecule has 10 heteroatoms. The van der Waals surface area contributed by atoms with Gasteiger partial charge in [-0.25, -0.2) is 19.2 Å². The molecule has 0 unspecified atom stereocenters. The Morgan fingerprint density at radius 3 is 1.71 bits per heavy atom. The van der Waals surface area contributed by atoms with Gasteiger partial charge in [0.15, 0.2) is 11.6 Å². The van der Waals surface area contributed by atoms with Crippen LogP contribution in [0.15, 0.2) is 24.3 Å². The van der Waals surface area contributed by atoms with Crippen molar-refractivity contribution in [1.82, 2.24) is 0 Å². The summed E-state index contributed by atoms with van der Waals surface area (Å²) in [6.07, 6.45) is 0. The van der Waals surface area contributed by atoms with Crippen molar-refractivity contribution in [3.8, 4) is 0 Å². The topological polar surface area (TPSA) is 183 Å². The molecule has 0 fully saturated rings. The number of hydrogen-bond donors (Lipinski definition) is 4. The first kappa shape index (κ1) is 18.5. The highest BCUT2D eigenvalue weighted by Crippen LogP contribution is 2.34. The SMILES string of the molecule is O=C(O)c1ccc2c(c1)C(=O)c1c(cc(C(=O)O)c(C(=O)O)c1C(=O)O)C2=O. The number of carboxylic acid groups (broad SMARTS) is 4. The summed E-state index contributed by atoms with van der Waals surface area (Å²) in [6.45, 7) is 0. The van der Waals surface area contributed by atoms with E-state index in [4.69, 9.17) is 5.11 Å². The van der Waals surface area contributed by atoms with Crippen LogP contribution in [0.2, 0.25) is 0 Å². The van der Waals surface area contributed by atoms with E-state index in [1.54, 1.807) is 0 Å². The molecular weight excluding hydrogens is 376 g/mol. The molecule has 0 radical (unpaired) electrons. The normalized spacial score (nSPS) is 12.1. The molecule has 0 heterocycles. The summed E-state index contributed by atoms with van der Waals surface area (Å²) in [6, 6.07) is 3.62. The molecular formula is C18H8O10. The Balaban J connectivity index is 2.47. The summed E-state index contributed by atoms with van der Waals surface area (Å²) >= 11 is 0. The molecule has 4 N–H and O–H groups in total. The van der Waals surface area contributed by atoms with E-state index in [1.807, 2.05) is 0 Å². The second kappa shape index (κ2) is 6.13. The maximum Gasteiger partial charge on any atom is 0.337 e. The van der Waals surface area contributed by atoms with Gasteiger partial charge in [-0.1, -0.05) is 0 Å². The summed E-state index contributed by atoms with van der Waals surface area (Å²) in [5.41, 5.74) is -5.66. The zero-order valence-corrected chi connectivity index (χ0v) is 13.5. The van der Waals surface area contributed by atoms with Gasteiger partial charge in [0.1, 0.15) is 0 Å². The standard InChI is InChI=1S/C18H8O10/c19-13-6-2-1-5(15(21)22)3-7(6)14(20)10-8(13)4-9(16(23)24)11(17(25)26)12(10)18(27)28/h1-4H,(H,21,22)(H,23,24)(H,25,26)(H,27,28). The third kappa shape index (κ3) is 2.51. The Hall–Kier alpha value is -4.34. The molecule has 0 aromatic heterocycles. The van der Waals surface area contributed by atoms with Crippen molar-refractivity contribution in [3.05, 3.63) is 68.8 Å². The van der Waals surface area contributed by atoms with Gasteiger partial charge < -0.3 is 20.4 Å². The van der Waals surface area contributed by atoms with E-state index in [9.17, 15) is 44.1 Å². The highest BCUT2D eigenvalue weighted by atomic mass is 16.4. The predicted molar refractivity (Wildman–Crippen MR) is 87.6 cm³/mol. The average Bonchev–Trinajstić information content (AvgIpc) is 2.63. The van der Waals surface area contributed by atoms with Crippen LogP contribution in [-0.4, -0.2) is 55.9 Å². The Labute approximate surface area is 154 Å². The Bertz CT molecular complexity index is 1160. The Morgan fingerprint density at radius 2 is 1.21 bits per heavy atom. The van der Waals surface area contributed by atoms with Crippen LogP contribution in [-0.2, 0) is 0 Å². The van der Waals surface area contributed by atoms with Crippen molar-refractivity contribution in [3.63, 3.8) is 0 Å². The fourth-order valence-electron chi connectivity index (χ4n) is 3.05. The molecule has 28 heavy (non-hydrogen) atoms. The van der Waals surface area contributed by atoms with Crippen LogP contribution in [0.3, 0.4) is 0 Å². The molecule has 0 saturated heterocycles. The Kier molecular flexibility index (Phi) is 4.04. The molecule has 0 bridgehead atoms. The molecule has 140 valence electrons. The number of carbonyl (C=O) groups excluding carboxylic acids is 2. The quantitative estimate of drug-likeness (QED) is 0.510. The molecule has 0 amide bonds. The van der Waals surface area contributed by atoms with Crippen molar-refractivity contribution in [2.24, 2.45) is 0 Å².